The number of hydrogen-bond donors (Lipinski definition) is 1. The lowest BCUT2D eigenvalue weighted by molar-refractivity contribution is 0.443. The lowest BCUT2D eigenvalue weighted by Crippen LogP contribution is -2.19. The molecule has 0 aliphatic rings. The van der Waals surface area contributed by atoms with E-state index in [2.05, 4.69) is 42.0 Å². The first-order valence-electron chi connectivity index (χ1n) is 4.99. The Morgan fingerprint density at radius 2 is 1.93 bits per heavy atom. The van der Waals surface area contributed by atoms with E-state index in [4.69, 9.17) is 11.6 Å². The molecule has 0 aliphatic heterocycles. The number of halogens is 2. The number of hydrogen-bond acceptors (Lipinski definition) is 1. The summed E-state index contributed by atoms with van der Waals surface area (Å²) in [6.07, 6.45) is 0. The molecule has 0 spiro atoms. The van der Waals surface area contributed by atoms with Gasteiger partial charge in [0.15, 0.2) is 0 Å². The van der Waals surface area contributed by atoms with Crippen LogP contribution < -0.4 is 5.32 Å². The fourth-order valence-electron chi connectivity index (χ4n) is 1.14. The smallest absolute Gasteiger partial charge is 0.0499 e. The van der Waals surface area contributed by atoms with Gasteiger partial charge in [-0.05, 0) is 46.0 Å². The van der Waals surface area contributed by atoms with Gasteiger partial charge in [0.05, 0.1) is 0 Å². The Bertz CT molecular complexity index is 355. The molecule has 1 N–H and O–H groups in total. The summed E-state index contributed by atoms with van der Waals surface area (Å²) in [5, 5.41) is 4.19. The normalized spacial score (nSPS) is 11.6. The molecule has 0 saturated heterocycles. The van der Waals surface area contributed by atoms with E-state index in [9.17, 15) is 0 Å². The summed E-state index contributed by atoms with van der Waals surface area (Å²) in [7, 11) is 0. The van der Waals surface area contributed by atoms with Crippen LogP contribution >= 0.6 is 27.5 Å². The molecule has 0 aromatic heterocycles. The van der Waals surface area contributed by atoms with E-state index >= 15 is 0 Å². The molecule has 0 amide bonds. The zero-order valence-corrected chi connectivity index (χ0v) is 12.0. The third-order valence-electron chi connectivity index (χ3n) is 2.06. The fraction of sp³-hybridized carbons (Fsp3) is 0.500. The topological polar surface area (TPSA) is 12.0 Å². The van der Waals surface area contributed by atoms with Crippen LogP contribution in [0.25, 0.3) is 0 Å². The number of benzene rings is 1. The Hall–Kier alpha value is -0.210. The molecule has 0 radical (unpaired) electrons. The molecule has 1 aromatic carbocycles. The summed E-state index contributed by atoms with van der Waals surface area (Å²) < 4.78 is 1.06. The first-order chi connectivity index (χ1) is 6.79. The quantitative estimate of drug-likeness (QED) is 0.819. The monoisotopic (exact) mass is 289 g/mol. The summed E-state index contributed by atoms with van der Waals surface area (Å²) in [5.74, 6) is 0. The largest absolute Gasteiger partial charge is 0.384 e. The third-order valence-corrected chi connectivity index (χ3v) is 3.12. The minimum Gasteiger partial charge on any atom is -0.384 e. The minimum absolute atomic E-state index is 0.261. The van der Waals surface area contributed by atoms with Crippen LogP contribution in [0.5, 0.6) is 0 Å². The molecule has 84 valence electrons. The van der Waals surface area contributed by atoms with Crippen LogP contribution in [0, 0.1) is 12.3 Å². The van der Waals surface area contributed by atoms with Crippen LogP contribution in [0.4, 0.5) is 5.69 Å². The van der Waals surface area contributed by atoms with Gasteiger partial charge in [0.2, 0.25) is 0 Å². The van der Waals surface area contributed by atoms with E-state index in [1.807, 2.05) is 19.1 Å². The Labute approximate surface area is 105 Å². The molecule has 3 heteroatoms. The van der Waals surface area contributed by atoms with Crippen molar-refractivity contribution in [3.05, 3.63) is 27.2 Å². The van der Waals surface area contributed by atoms with Crippen molar-refractivity contribution in [2.45, 2.75) is 27.7 Å². The summed E-state index contributed by atoms with van der Waals surface area (Å²) in [5.41, 5.74) is 2.40. The molecule has 0 fully saturated rings. The summed E-state index contributed by atoms with van der Waals surface area (Å²) in [4.78, 5) is 0. The Morgan fingerprint density at radius 1 is 1.33 bits per heavy atom. The number of aryl methyl sites for hydroxylation is 1. The Balaban J connectivity index is 2.82. The maximum atomic E-state index is 6.07. The van der Waals surface area contributed by atoms with Gasteiger partial charge in [-0.25, -0.2) is 0 Å². The van der Waals surface area contributed by atoms with Gasteiger partial charge in [0.25, 0.3) is 0 Å². The predicted molar refractivity (Wildman–Crippen MR) is 71.8 cm³/mol. The van der Waals surface area contributed by atoms with Crippen LogP contribution in [0.3, 0.4) is 0 Å². The van der Waals surface area contributed by atoms with Gasteiger partial charge >= 0.3 is 0 Å². The van der Waals surface area contributed by atoms with Gasteiger partial charge < -0.3 is 5.32 Å². The van der Waals surface area contributed by atoms with Crippen LogP contribution in [0.15, 0.2) is 16.6 Å². The second-order valence-electron chi connectivity index (χ2n) is 5.00. The van der Waals surface area contributed by atoms with Gasteiger partial charge in [-0.15, -0.1) is 0 Å². The highest BCUT2D eigenvalue weighted by atomic mass is 79.9. The minimum atomic E-state index is 0.261. The summed E-state index contributed by atoms with van der Waals surface area (Å²) >= 11 is 9.60. The first-order valence-corrected chi connectivity index (χ1v) is 6.16. The molecule has 0 aliphatic carbocycles. The second-order valence-corrected chi connectivity index (χ2v) is 6.26. The number of anilines is 1. The molecular formula is C12H17BrClN. The van der Waals surface area contributed by atoms with Crippen LogP contribution in [-0.4, -0.2) is 6.54 Å². The predicted octanol–water partition coefficient (Wildman–Crippen LogP) is 4.87. The molecule has 1 rings (SSSR count). The van der Waals surface area contributed by atoms with Crippen molar-refractivity contribution in [3.63, 3.8) is 0 Å². The highest BCUT2D eigenvalue weighted by Crippen LogP contribution is 2.29. The van der Waals surface area contributed by atoms with E-state index in [1.54, 1.807) is 0 Å². The van der Waals surface area contributed by atoms with Crippen molar-refractivity contribution in [1.82, 2.24) is 0 Å². The number of rotatable bonds is 2. The van der Waals surface area contributed by atoms with Crippen molar-refractivity contribution in [1.29, 1.82) is 0 Å². The Morgan fingerprint density at radius 3 is 2.47 bits per heavy atom. The molecule has 0 heterocycles. The average Bonchev–Trinajstić information content (AvgIpc) is 2.07. The van der Waals surface area contributed by atoms with Gasteiger partial charge in [0, 0.05) is 21.7 Å². The molecular weight excluding hydrogens is 273 g/mol. The molecule has 0 atom stereocenters. The van der Waals surface area contributed by atoms with E-state index in [0.717, 1.165) is 27.3 Å². The first kappa shape index (κ1) is 12.9. The van der Waals surface area contributed by atoms with Crippen molar-refractivity contribution < 1.29 is 0 Å². The molecule has 1 nitrogen and oxygen atoms in total. The molecule has 0 saturated carbocycles. The van der Waals surface area contributed by atoms with Crippen molar-refractivity contribution in [2.24, 2.45) is 5.41 Å². The van der Waals surface area contributed by atoms with Gasteiger partial charge in [-0.2, -0.15) is 0 Å². The average molecular weight is 291 g/mol. The molecule has 0 bridgehead atoms. The Kier molecular flexibility index (Phi) is 4.07. The van der Waals surface area contributed by atoms with E-state index in [1.165, 1.54) is 0 Å². The van der Waals surface area contributed by atoms with Crippen molar-refractivity contribution >= 4 is 33.2 Å². The lowest BCUT2D eigenvalue weighted by Gasteiger charge is -2.20. The number of nitrogens with one attached hydrogen (secondary N) is 1. The van der Waals surface area contributed by atoms with Crippen LogP contribution in [0.2, 0.25) is 5.02 Å². The SMILES string of the molecule is Cc1cc(Br)c(NCC(C)(C)C)cc1Cl. The lowest BCUT2D eigenvalue weighted by atomic mass is 9.97. The standard InChI is InChI=1S/C12H17BrClN/c1-8-5-9(13)11(6-10(8)14)15-7-12(2,3)4/h5-6,15H,7H2,1-4H3. The zero-order chi connectivity index (χ0) is 11.6. The van der Waals surface area contributed by atoms with Crippen molar-refractivity contribution in [2.75, 3.05) is 11.9 Å². The summed E-state index contributed by atoms with van der Waals surface area (Å²) in [6.45, 7) is 9.52. The molecule has 0 unspecified atom stereocenters. The third kappa shape index (κ3) is 4.04. The van der Waals surface area contributed by atoms with E-state index < -0.39 is 0 Å². The van der Waals surface area contributed by atoms with Gasteiger partial charge in [0.1, 0.15) is 0 Å². The highest BCUT2D eigenvalue weighted by molar-refractivity contribution is 9.10. The van der Waals surface area contributed by atoms with Gasteiger partial charge in [-0.1, -0.05) is 32.4 Å². The van der Waals surface area contributed by atoms with Crippen LogP contribution in [0.1, 0.15) is 26.3 Å². The highest BCUT2D eigenvalue weighted by Gasteiger charge is 2.11. The second kappa shape index (κ2) is 4.75. The summed E-state index contributed by atoms with van der Waals surface area (Å²) in [6, 6.07) is 4.00. The molecule has 15 heavy (non-hydrogen) atoms. The van der Waals surface area contributed by atoms with Crippen molar-refractivity contribution in [3.8, 4) is 0 Å². The van der Waals surface area contributed by atoms with Crippen LogP contribution in [-0.2, 0) is 0 Å². The maximum Gasteiger partial charge on any atom is 0.0499 e. The zero-order valence-electron chi connectivity index (χ0n) is 9.62. The molecule has 1 aromatic rings. The fourth-order valence-corrected chi connectivity index (χ4v) is 1.90. The van der Waals surface area contributed by atoms with E-state index in [-0.39, 0.29) is 5.41 Å². The maximum absolute atomic E-state index is 6.07. The van der Waals surface area contributed by atoms with E-state index in [0.29, 0.717) is 0 Å². The van der Waals surface area contributed by atoms with Gasteiger partial charge in [-0.3, -0.25) is 0 Å².